The molecule has 0 amide bonds. The van der Waals surface area contributed by atoms with Crippen LogP contribution < -0.4 is 0 Å². The Morgan fingerprint density at radius 2 is 1.77 bits per heavy atom. The van der Waals surface area contributed by atoms with E-state index in [0.717, 1.165) is 28.7 Å². The van der Waals surface area contributed by atoms with E-state index in [1.807, 2.05) is 55.5 Å². The van der Waals surface area contributed by atoms with Gasteiger partial charge >= 0.3 is 5.92 Å². The molecule has 0 radical (unpaired) electrons. The molecule has 2 heterocycles. The summed E-state index contributed by atoms with van der Waals surface area (Å²) in [6.07, 6.45) is 2.20. The smallest absolute Gasteiger partial charge is 0.249 e. The van der Waals surface area contributed by atoms with Gasteiger partial charge in [-0.15, -0.1) is 15.3 Å². The Morgan fingerprint density at radius 3 is 2.43 bits per heavy atom. The summed E-state index contributed by atoms with van der Waals surface area (Å²) in [5, 5.41) is 18.6. The summed E-state index contributed by atoms with van der Waals surface area (Å²) in [5.74, 6) is -1.85. The molecule has 2 aromatic heterocycles. The van der Waals surface area contributed by atoms with Crippen LogP contribution in [-0.2, 0) is 18.9 Å². The van der Waals surface area contributed by atoms with Crippen molar-refractivity contribution < 1.29 is 8.78 Å². The summed E-state index contributed by atoms with van der Waals surface area (Å²) in [4.78, 5) is 4.31. The number of tetrazole rings is 1. The van der Waals surface area contributed by atoms with E-state index in [1.54, 1.807) is 4.68 Å². The predicted octanol–water partition coefficient (Wildman–Crippen LogP) is 6.04. The summed E-state index contributed by atoms with van der Waals surface area (Å²) in [6.45, 7) is 6.69. The van der Waals surface area contributed by atoms with Crippen LogP contribution in [0.4, 0.5) is 8.78 Å². The Morgan fingerprint density at radius 1 is 1.03 bits per heavy atom. The zero-order valence-corrected chi connectivity index (χ0v) is 20.4. The van der Waals surface area contributed by atoms with Gasteiger partial charge in [0, 0.05) is 24.9 Å². The van der Waals surface area contributed by atoms with E-state index in [2.05, 4.69) is 44.6 Å². The summed E-state index contributed by atoms with van der Waals surface area (Å²) in [7, 11) is 0. The molecule has 0 saturated carbocycles. The third kappa shape index (κ3) is 5.96. The highest BCUT2D eigenvalue weighted by molar-refractivity contribution is 5.80. The number of aromatic nitrogens is 7. The van der Waals surface area contributed by atoms with Crippen LogP contribution in [0.3, 0.4) is 0 Å². The number of unbranched alkanes of at least 4 members (excludes halogenated alkanes) is 1. The Balaban J connectivity index is 1.58. The first-order valence-electron chi connectivity index (χ1n) is 12.1. The lowest BCUT2D eigenvalue weighted by Gasteiger charge is -2.11. The molecule has 4 aromatic rings. The Hall–Kier alpha value is -3.49. The number of hydrogen-bond donors (Lipinski definition) is 1. The monoisotopic (exact) mass is 479 g/mol. The molecule has 0 saturated heterocycles. The normalized spacial score (nSPS) is 11.9. The number of aromatic amines is 1. The number of nitrogens with zero attached hydrogens (tertiary/aromatic N) is 6. The van der Waals surface area contributed by atoms with Crippen molar-refractivity contribution in [1.29, 1.82) is 0 Å². The molecule has 0 fully saturated rings. The first-order valence-corrected chi connectivity index (χ1v) is 12.1. The zero-order valence-electron chi connectivity index (χ0n) is 20.4. The second-order valence-corrected chi connectivity index (χ2v) is 9.22. The van der Waals surface area contributed by atoms with Crippen LogP contribution in [0.15, 0.2) is 48.5 Å². The number of rotatable bonds is 11. The molecule has 7 nitrogen and oxygen atoms in total. The number of benzene rings is 2. The highest BCUT2D eigenvalue weighted by Gasteiger charge is 2.36. The van der Waals surface area contributed by atoms with Crippen LogP contribution in [0.5, 0.6) is 0 Å². The number of halogens is 2. The van der Waals surface area contributed by atoms with Crippen molar-refractivity contribution in [3.63, 3.8) is 0 Å². The lowest BCUT2D eigenvalue weighted by Crippen LogP contribution is -2.16. The van der Waals surface area contributed by atoms with E-state index in [4.69, 9.17) is 0 Å². The van der Waals surface area contributed by atoms with Crippen molar-refractivity contribution in [2.75, 3.05) is 0 Å². The summed E-state index contributed by atoms with van der Waals surface area (Å²) < 4.78 is 31.1. The molecule has 0 bridgehead atoms. The summed E-state index contributed by atoms with van der Waals surface area (Å²) >= 11 is 0. The number of nitrogens with one attached hydrogen (secondary N) is 1. The first kappa shape index (κ1) is 24.6. The van der Waals surface area contributed by atoms with Gasteiger partial charge in [0.05, 0.1) is 0 Å². The van der Waals surface area contributed by atoms with Crippen LogP contribution >= 0.6 is 0 Å². The largest absolute Gasteiger partial charge is 0.308 e. The average Bonchev–Trinajstić information content (AvgIpc) is 3.53. The molecule has 0 aliphatic heterocycles. The van der Waals surface area contributed by atoms with Gasteiger partial charge in [-0.3, -0.25) is 0 Å². The Kier molecular flexibility index (Phi) is 7.63. The van der Waals surface area contributed by atoms with E-state index in [-0.39, 0.29) is 12.2 Å². The van der Waals surface area contributed by atoms with Crippen molar-refractivity contribution in [3.05, 3.63) is 65.7 Å². The van der Waals surface area contributed by atoms with Crippen LogP contribution in [-0.4, -0.2) is 35.4 Å². The second kappa shape index (κ2) is 10.8. The summed E-state index contributed by atoms with van der Waals surface area (Å²) in [5.41, 5.74) is 3.84. The standard InChI is InChI=1S/C26H31F2N7/c1-4-5-15-26(27,28)25-29-23(35(32-25)16-14-18(2)3)17-19-10-12-20(13-11-19)21-8-6-7-9-22(21)24-30-33-34-31-24/h6-13,18H,4-5,14-17H2,1-3H3,(H,30,31,33,34). The van der Waals surface area contributed by atoms with Gasteiger partial charge < -0.3 is 0 Å². The van der Waals surface area contributed by atoms with Crippen molar-refractivity contribution in [1.82, 2.24) is 35.4 Å². The molecule has 0 atom stereocenters. The third-order valence-corrected chi connectivity index (χ3v) is 5.98. The molecule has 4 rings (SSSR count). The molecular weight excluding hydrogens is 448 g/mol. The highest BCUT2D eigenvalue weighted by atomic mass is 19.3. The fraction of sp³-hybridized carbons (Fsp3) is 0.423. The van der Waals surface area contributed by atoms with Gasteiger partial charge in [-0.25, -0.2) is 9.67 Å². The Bertz CT molecular complexity index is 1210. The number of aryl methyl sites for hydroxylation is 1. The van der Waals surface area contributed by atoms with Crippen molar-refractivity contribution >= 4 is 0 Å². The molecule has 0 spiro atoms. The van der Waals surface area contributed by atoms with Crippen molar-refractivity contribution in [3.8, 4) is 22.5 Å². The van der Waals surface area contributed by atoms with E-state index in [9.17, 15) is 8.78 Å². The minimum absolute atomic E-state index is 0.231. The van der Waals surface area contributed by atoms with Gasteiger partial charge in [0.25, 0.3) is 0 Å². The van der Waals surface area contributed by atoms with Gasteiger partial charge in [-0.2, -0.15) is 14.0 Å². The van der Waals surface area contributed by atoms with E-state index in [0.29, 0.717) is 43.4 Å². The highest BCUT2D eigenvalue weighted by Crippen LogP contribution is 2.32. The Labute approximate surface area is 204 Å². The van der Waals surface area contributed by atoms with Crippen molar-refractivity contribution in [2.24, 2.45) is 5.92 Å². The minimum atomic E-state index is -3.02. The molecule has 35 heavy (non-hydrogen) atoms. The topological polar surface area (TPSA) is 85.2 Å². The molecular formula is C26H31F2N7. The average molecular weight is 480 g/mol. The van der Waals surface area contributed by atoms with Crippen LogP contribution in [0.25, 0.3) is 22.5 Å². The molecule has 0 aliphatic carbocycles. The van der Waals surface area contributed by atoms with Gasteiger partial charge in [0.1, 0.15) is 5.82 Å². The van der Waals surface area contributed by atoms with Gasteiger partial charge in [-0.05, 0) is 40.7 Å². The van der Waals surface area contributed by atoms with E-state index < -0.39 is 5.92 Å². The maximum absolute atomic E-state index is 14.7. The molecule has 0 unspecified atom stereocenters. The van der Waals surface area contributed by atoms with Crippen LogP contribution in [0.2, 0.25) is 0 Å². The van der Waals surface area contributed by atoms with Gasteiger partial charge in [0.2, 0.25) is 11.6 Å². The molecule has 184 valence electrons. The quantitative estimate of drug-likeness (QED) is 0.283. The lowest BCUT2D eigenvalue weighted by molar-refractivity contribution is -0.0246. The molecule has 2 aromatic carbocycles. The SMILES string of the molecule is CCCCC(F)(F)c1nc(Cc2ccc(-c3ccccc3-c3nn[nH]n3)cc2)n(CCC(C)C)n1. The van der Waals surface area contributed by atoms with E-state index >= 15 is 0 Å². The van der Waals surface area contributed by atoms with Crippen LogP contribution in [0, 0.1) is 5.92 Å². The number of H-pyrrole nitrogens is 1. The van der Waals surface area contributed by atoms with Crippen LogP contribution in [0.1, 0.15) is 63.7 Å². The third-order valence-electron chi connectivity index (χ3n) is 5.98. The minimum Gasteiger partial charge on any atom is -0.249 e. The first-order chi connectivity index (χ1) is 16.9. The van der Waals surface area contributed by atoms with Gasteiger partial charge in [0.15, 0.2) is 0 Å². The molecule has 1 N–H and O–H groups in total. The molecule has 0 aliphatic rings. The maximum atomic E-state index is 14.7. The number of hydrogen-bond acceptors (Lipinski definition) is 5. The van der Waals surface area contributed by atoms with E-state index in [1.165, 1.54) is 0 Å². The second-order valence-electron chi connectivity index (χ2n) is 9.22. The fourth-order valence-corrected chi connectivity index (χ4v) is 3.92. The maximum Gasteiger partial charge on any atom is 0.308 e. The zero-order chi connectivity index (χ0) is 24.8. The van der Waals surface area contributed by atoms with Gasteiger partial charge in [-0.1, -0.05) is 75.7 Å². The van der Waals surface area contributed by atoms with Crippen molar-refractivity contribution in [2.45, 2.75) is 65.3 Å². The molecule has 9 heteroatoms. The fourth-order valence-electron chi connectivity index (χ4n) is 3.92. The lowest BCUT2D eigenvalue weighted by atomic mass is 9.98. The summed E-state index contributed by atoms with van der Waals surface area (Å²) in [6, 6.07) is 15.9. The number of alkyl halides is 2. The predicted molar refractivity (Wildman–Crippen MR) is 131 cm³/mol.